The molecule has 10 nitrogen and oxygen atoms in total. The molecule has 0 radical (unpaired) electrons. The van der Waals surface area contributed by atoms with Gasteiger partial charge in [-0.3, -0.25) is 4.79 Å². The molecule has 1 aliphatic rings. The van der Waals surface area contributed by atoms with Gasteiger partial charge in [0.15, 0.2) is 17.3 Å². The summed E-state index contributed by atoms with van der Waals surface area (Å²) >= 11 is 1.26. The first-order valence-electron chi connectivity index (χ1n) is 8.16. The van der Waals surface area contributed by atoms with Crippen LogP contribution in [0.3, 0.4) is 0 Å². The minimum Gasteiger partial charge on any atom is -0.486 e. The lowest BCUT2D eigenvalue weighted by molar-refractivity contribution is -0.118. The van der Waals surface area contributed by atoms with Crippen molar-refractivity contribution in [3.05, 3.63) is 30.0 Å². The summed E-state index contributed by atoms with van der Waals surface area (Å²) < 4.78 is 18.0. The Labute approximate surface area is 158 Å². The molecule has 0 aliphatic carbocycles. The number of rotatable bonds is 6. The fourth-order valence-corrected chi connectivity index (χ4v) is 3.12. The SMILES string of the molecule is Cn1nnnc1SCC(=O)NCc1cc(-c2ccc3c(c2)OCCO3)on1. The van der Waals surface area contributed by atoms with Gasteiger partial charge in [0.1, 0.15) is 18.9 Å². The van der Waals surface area contributed by atoms with Crippen LogP contribution in [-0.4, -0.2) is 50.2 Å². The summed E-state index contributed by atoms with van der Waals surface area (Å²) in [5.74, 6) is 2.05. The minimum atomic E-state index is -0.146. The third-order valence-corrected chi connectivity index (χ3v) is 4.78. The quantitative estimate of drug-likeness (QED) is 0.618. The molecule has 27 heavy (non-hydrogen) atoms. The van der Waals surface area contributed by atoms with E-state index in [0.717, 1.165) is 5.56 Å². The molecular formula is C16H16N6O4S. The average molecular weight is 388 g/mol. The highest BCUT2D eigenvalue weighted by Gasteiger charge is 2.15. The Bertz CT molecular complexity index is 956. The number of tetrazole rings is 1. The van der Waals surface area contributed by atoms with Crippen LogP contribution in [0, 0.1) is 0 Å². The molecule has 0 bridgehead atoms. The Kier molecular flexibility index (Phi) is 4.92. The van der Waals surface area contributed by atoms with Crippen molar-refractivity contribution < 1.29 is 18.8 Å². The largest absolute Gasteiger partial charge is 0.486 e. The second kappa shape index (κ2) is 7.66. The second-order valence-electron chi connectivity index (χ2n) is 5.69. The van der Waals surface area contributed by atoms with E-state index in [1.165, 1.54) is 16.4 Å². The molecule has 0 saturated carbocycles. The number of amides is 1. The highest BCUT2D eigenvalue weighted by Crippen LogP contribution is 2.34. The molecule has 11 heteroatoms. The zero-order valence-corrected chi connectivity index (χ0v) is 15.2. The van der Waals surface area contributed by atoms with E-state index in [9.17, 15) is 4.79 Å². The maximum absolute atomic E-state index is 12.0. The van der Waals surface area contributed by atoms with Crippen LogP contribution < -0.4 is 14.8 Å². The molecule has 3 aromatic rings. The molecule has 140 valence electrons. The van der Waals surface area contributed by atoms with E-state index >= 15 is 0 Å². The molecule has 1 aromatic carbocycles. The van der Waals surface area contributed by atoms with Gasteiger partial charge in [-0.05, 0) is 28.6 Å². The molecule has 1 aliphatic heterocycles. The molecular weight excluding hydrogens is 372 g/mol. The van der Waals surface area contributed by atoms with Gasteiger partial charge in [0.05, 0.1) is 12.3 Å². The third kappa shape index (κ3) is 4.03. The molecule has 3 heterocycles. The van der Waals surface area contributed by atoms with Gasteiger partial charge in [-0.1, -0.05) is 16.9 Å². The highest BCUT2D eigenvalue weighted by molar-refractivity contribution is 7.99. The van der Waals surface area contributed by atoms with Gasteiger partial charge >= 0.3 is 0 Å². The maximum atomic E-state index is 12.0. The number of carbonyl (C=O) groups is 1. The minimum absolute atomic E-state index is 0.146. The number of hydrogen-bond donors (Lipinski definition) is 1. The number of ether oxygens (including phenoxy) is 2. The number of nitrogens with one attached hydrogen (secondary N) is 1. The third-order valence-electron chi connectivity index (χ3n) is 3.77. The van der Waals surface area contributed by atoms with Crippen molar-refractivity contribution in [2.75, 3.05) is 19.0 Å². The second-order valence-corrected chi connectivity index (χ2v) is 6.63. The van der Waals surface area contributed by atoms with Crippen molar-refractivity contribution in [3.63, 3.8) is 0 Å². The van der Waals surface area contributed by atoms with E-state index in [0.29, 0.717) is 41.3 Å². The number of benzene rings is 1. The Balaban J connectivity index is 1.33. The first-order valence-corrected chi connectivity index (χ1v) is 9.15. The zero-order chi connectivity index (χ0) is 18.6. The van der Waals surface area contributed by atoms with Crippen LogP contribution in [-0.2, 0) is 18.4 Å². The van der Waals surface area contributed by atoms with Crippen LogP contribution in [0.1, 0.15) is 5.69 Å². The fraction of sp³-hybridized carbons (Fsp3) is 0.312. The lowest BCUT2D eigenvalue weighted by Crippen LogP contribution is -2.24. The first-order chi connectivity index (χ1) is 13.2. The lowest BCUT2D eigenvalue weighted by Gasteiger charge is -2.18. The van der Waals surface area contributed by atoms with Crippen LogP contribution >= 0.6 is 11.8 Å². The van der Waals surface area contributed by atoms with Crippen molar-refractivity contribution in [1.29, 1.82) is 0 Å². The number of thioether (sulfide) groups is 1. The Morgan fingerprint density at radius 2 is 2.11 bits per heavy atom. The number of carbonyl (C=O) groups excluding carboxylic acids is 1. The van der Waals surface area contributed by atoms with Crippen molar-refractivity contribution in [1.82, 2.24) is 30.7 Å². The van der Waals surface area contributed by atoms with Crippen molar-refractivity contribution in [3.8, 4) is 22.8 Å². The summed E-state index contributed by atoms with van der Waals surface area (Å²) in [6, 6.07) is 7.35. The topological polar surface area (TPSA) is 117 Å². The Morgan fingerprint density at radius 3 is 2.93 bits per heavy atom. The number of aryl methyl sites for hydroxylation is 1. The smallest absolute Gasteiger partial charge is 0.230 e. The monoisotopic (exact) mass is 388 g/mol. The summed E-state index contributed by atoms with van der Waals surface area (Å²) in [7, 11) is 1.72. The van der Waals surface area contributed by atoms with Gasteiger partial charge in [-0.15, -0.1) is 5.10 Å². The molecule has 1 amide bonds. The summed E-state index contributed by atoms with van der Waals surface area (Å²) in [4.78, 5) is 12.0. The van der Waals surface area contributed by atoms with Crippen LogP contribution in [0.2, 0.25) is 0 Å². The summed E-state index contributed by atoms with van der Waals surface area (Å²) in [6.45, 7) is 1.33. The molecule has 1 N–H and O–H groups in total. The van der Waals surface area contributed by atoms with Crippen LogP contribution in [0.25, 0.3) is 11.3 Å². The van der Waals surface area contributed by atoms with Crippen molar-refractivity contribution in [2.45, 2.75) is 11.7 Å². The highest BCUT2D eigenvalue weighted by atomic mass is 32.2. The van der Waals surface area contributed by atoms with Crippen molar-refractivity contribution in [2.24, 2.45) is 7.05 Å². The van der Waals surface area contributed by atoms with Gasteiger partial charge in [0.25, 0.3) is 0 Å². The molecule has 0 saturated heterocycles. The van der Waals surface area contributed by atoms with E-state index in [1.807, 2.05) is 18.2 Å². The predicted octanol–water partition coefficient (Wildman–Crippen LogP) is 1.04. The Morgan fingerprint density at radius 1 is 1.26 bits per heavy atom. The van der Waals surface area contributed by atoms with Crippen LogP contribution in [0.15, 0.2) is 33.9 Å². The number of hydrogen-bond acceptors (Lipinski definition) is 9. The van der Waals surface area contributed by atoms with Gasteiger partial charge in [-0.25, -0.2) is 4.68 Å². The maximum Gasteiger partial charge on any atom is 0.230 e. The van der Waals surface area contributed by atoms with Gasteiger partial charge in [0.2, 0.25) is 11.1 Å². The lowest BCUT2D eigenvalue weighted by atomic mass is 10.1. The fourth-order valence-electron chi connectivity index (χ4n) is 2.44. The number of nitrogens with zero attached hydrogens (tertiary/aromatic N) is 5. The van der Waals surface area contributed by atoms with Crippen LogP contribution in [0.4, 0.5) is 0 Å². The average Bonchev–Trinajstić information content (AvgIpc) is 3.33. The van der Waals surface area contributed by atoms with E-state index < -0.39 is 0 Å². The molecule has 2 aromatic heterocycles. The van der Waals surface area contributed by atoms with Gasteiger partial charge in [0, 0.05) is 18.7 Å². The molecule has 0 spiro atoms. The number of aromatic nitrogens is 5. The standard InChI is InChI=1S/C16H16N6O4S/c1-22-16(18-20-21-22)27-9-15(23)17-8-11-7-13(26-19-11)10-2-3-12-14(6-10)25-5-4-24-12/h2-3,6-7H,4-5,8-9H2,1H3,(H,17,23). The Hall–Kier alpha value is -3.08. The first kappa shape index (κ1) is 17.3. The number of fused-ring (bicyclic) bond motifs is 1. The van der Waals surface area contributed by atoms with E-state index in [2.05, 4.69) is 26.0 Å². The van der Waals surface area contributed by atoms with Crippen molar-refractivity contribution >= 4 is 17.7 Å². The molecule has 4 rings (SSSR count). The summed E-state index contributed by atoms with van der Waals surface area (Å²) in [5, 5.41) is 18.4. The summed E-state index contributed by atoms with van der Waals surface area (Å²) in [5.41, 5.74) is 1.45. The van der Waals surface area contributed by atoms with E-state index in [-0.39, 0.29) is 18.2 Å². The van der Waals surface area contributed by atoms with Gasteiger partial charge < -0.3 is 19.3 Å². The van der Waals surface area contributed by atoms with E-state index in [1.54, 1.807) is 13.1 Å². The molecule has 0 atom stereocenters. The summed E-state index contributed by atoms with van der Waals surface area (Å²) in [6.07, 6.45) is 0. The van der Waals surface area contributed by atoms with Gasteiger partial charge in [-0.2, -0.15) is 0 Å². The van der Waals surface area contributed by atoms with E-state index in [4.69, 9.17) is 14.0 Å². The molecule has 0 unspecified atom stereocenters. The zero-order valence-electron chi connectivity index (χ0n) is 14.4. The molecule has 0 fully saturated rings. The predicted molar refractivity (Wildman–Crippen MR) is 94.3 cm³/mol. The normalized spacial score (nSPS) is 12.8. The van der Waals surface area contributed by atoms with Crippen LogP contribution in [0.5, 0.6) is 11.5 Å².